The van der Waals surface area contributed by atoms with E-state index >= 15 is 0 Å². The Balaban J connectivity index is 1.85. The molecule has 1 aromatic rings. The monoisotopic (exact) mass is 283 g/mol. The molecule has 1 N–H and O–H groups in total. The molecule has 19 heavy (non-hydrogen) atoms. The quantitative estimate of drug-likeness (QED) is 0.788. The molecule has 1 aromatic heterocycles. The highest BCUT2D eigenvalue weighted by Crippen LogP contribution is 2.34. The van der Waals surface area contributed by atoms with Crippen LogP contribution in [-0.4, -0.2) is 26.4 Å². The van der Waals surface area contributed by atoms with Gasteiger partial charge < -0.3 is 14.8 Å². The number of rotatable bonds is 8. The first-order valence-electron chi connectivity index (χ1n) is 7.31. The van der Waals surface area contributed by atoms with E-state index in [4.69, 9.17) is 9.47 Å². The van der Waals surface area contributed by atoms with Gasteiger partial charge in [-0.3, -0.25) is 0 Å². The largest absolute Gasteiger partial charge is 0.496 e. The molecule has 1 aliphatic heterocycles. The summed E-state index contributed by atoms with van der Waals surface area (Å²) in [5.74, 6) is 1.02. The van der Waals surface area contributed by atoms with Crippen LogP contribution in [0.4, 0.5) is 0 Å². The zero-order valence-electron chi connectivity index (χ0n) is 12.0. The van der Waals surface area contributed by atoms with Crippen molar-refractivity contribution in [1.82, 2.24) is 5.32 Å². The van der Waals surface area contributed by atoms with Crippen molar-refractivity contribution in [1.29, 1.82) is 0 Å². The lowest BCUT2D eigenvalue weighted by Gasteiger charge is -2.18. The maximum absolute atomic E-state index is 5.69. The number of nitrogens with one attached hydrogen (secondary N) is 1. The predicted molar refractivity (Wildman–Crippen MR) is 80.1 cm³/mol. The number of methoxy groups -OCH3 is 1. The van der Waals surface area contributed by atoms with Gasteiger partial charge in [0, 0.05) is 12.6 Å². The molecule has 0 radical (unpaired) electrons. The topological polar surface area (TPSA) is 30.5 Å². The molecule has 2 heterocycles. The van der Waals surface area contributed by atoms with Crippen LogP contribution < -0.4 is 10.1 Å². The van der Waals surface area contributed by atoms with Gasteiger partial charge in [0.2, 0.25) is 0 Å². The molecule has 0 saturated carbocycles. The summed E-state index contributed by atoms with van der Waals surface area (Å²) >= 11 is 1.79. The standard InChI is InChI=1S/C15H25NO2S/c1-3-16-13(15-14(17-2)9-11-19-15)8-4-6-12-7-5-10-18-12/h9,11-13,16H,3-8,10H2,1-2H3. The summed E-state index contributed by atoms with van der Waals surface area (Å²) in [5, 5.41) is 5.68. The van der Waals surface area contributed by atoms with Gasteiger partial charge in [0.25, 0.3) is 0 Å². The van der Waals surface area contributed by atoms with Crippen molar-refractivity contribution in [2.75, 3.05) is 20.3 Å². The first-order valence-corrected chi connectivity index (χ1v) is 8.19. The Morgan fingerprint density at radius 3 is 3.16 bits per heavy atom. The van der Waals surface area contributed by atoms with E-state index in [1.165, 1.54) is 30.6 Å². The highest BCUT2D eigenvalue weighted by Gasteiger charge is 2.19. The predicted octanol–water partition coefficient (Wildman–Crippen LogP) is 3.76. The average molecular weight is 283 g/mol. The molecule has 0 aliphatic carbocycles. The van der Waals surface area contributed by atoms with Crippen molar-refractivity contribution in [3.63, 3.8) is 0 Å². The fourth-order valence-electron chi connectivity index (χ4n) is 2.73. The van der Waals surface area contributed by atoms with Gasteiger partial charge in [-0.2, -0.15) is 0 Å². The number of ether oxygens (including phenoxy) is 2. The maximum atomic E-state index is 5.69. The Bertz CT molecular complexity index is 361. The minimum absolute atomic E-state index is 0.418. The molecule has 0 bridgehead atoms. The lowest BCUT2D eigenvalue weighted by atomic mass is 10.0. The molecule has 0 spiro atoms. The first kappa shape index (κ1) is 14.8. The Morgan fingerprint density at radius 2 is 2.47 bits per heavy atom. The van der Waals surface area contributed by atoms with Crippen molar-refractivity contribution in [2.45, 2.75) is 51.2 Å². The number of hydrogen-bond donors (Lipinski definition) is 1. The van der Waals surface area contributed by atoms with E-state index < -0.39 is 0 Å². The van der Waals surface area contributed by atoms with Gasteiger partial charge in [0.05, 0.1) is 18.1 Å². The lowest BCUT2D eigenvalue weighted by molar-refractivity contribution is 0.101. The van der Waals surface area contributed by atoms with Crippen molar-refractivity contribution in [2.24, 2.45) is 0 Å². The summed E-state index contributed by atoms with van der Waals surface area (Å²) in [4.78, 5) is 1.33. The second-order valence-corrected chi connectivity index (χ2v) is 5.98. The number of thiophene rings is 1. The minimum Gasteiger partial charge on any atom is -0.496 e. The van der Waals surface area contributed by atoms with Gasteiger partial charge in [-0.15, -0.1) is 11.3 Å². The zero-order valence-corrected chi connectivity index (χ0v) is 12.8. The Morgan fingerprint density at radius 1 is 1.58 bits per heavy atom. The van der Waals surface area contributed by atoms with Crippen LogP contribution in [0, 0.1) is 0 Å². The number of hydrogen-bond acceptors (Lipinski definition) is 4. The van der Waals surface area contributed by atoms with E-state index in [2.05, 4.69) is 23.7 Å². The third kappa shape index (κ3) is 4.20. The SMILES string of the molecule is CCNC(CCCC1CCCO1)c1sccc1OC. The van der Waals surface area contributed by atoms with Crippen LogP contribution >= 0.6 is 11.3 Å². The molecule has 3 nitrogen and oxygen atoms in total. The van der Waals surface area contributed by atoms with E-state index in [1.54, 1.807) is 18.4 Å². The van der Waals surface area contributed by atoms with E-state index in [0.717, 1.165) is 25.3 Å². The van der Waals surface area contributed by atoms with Crippen molar-refractivity contribution >= 4 is 11.3 Å². The molecule has 108 valence electrons. The van der Waals surface area contributed by atoms with Crippen LogP contribution in [0.2, 0.25) is 0 Å². The second-order valence-electron chi connectivity index (χ2n) is 5.03. The normalized spacial score (nSPS) is 20.6. The van der Waals surface area contributed by atoms with Gasteiger partial charge in [0.15, 0.2) is 0 Å². The summed E-state index contributed by atoms with van der Waals surface area (Å²) in [6.07, 6.45) is 6.55. The summed E-state index contributed by atoms with van der Waals surface area (Å²) in [5.41, 5.74) is 0. The van der Waals surface area contributed by atoms with E-state index in [9.17, 15) is 0 Å². The van der Waals surface area contributed by atoms with Crippen molar-refractivity contribution in [3.8, 4) is 5.75 Å². The molecule has 0 aromatic carbocycles. The van der Waals surface area contributed by atoms with E-state index in [-0.39, 0.29) is 0 Å². The van der Waals surface area contributed by atoms with E-state index in [0.29, 0.717) is 12.1 Å². The van der Waals surface area contributed by atoms with Crippen LogP contribution in [0.3, 0.4) is 0 Å². The molecular formula is C15H25NO2S. The second kappa shape index (κ2) is 7.88. The van der Waals surface area contributed by atoms with Crippen molar-refractivity contribution < 1.29 is 9.47 Å². The van der Waals surface area contributed by atoms with Crippen LogP contribution in [-0.2, 0) is 4.74 Å². The van der Waals surface area contributed by atoms with Gasteiger partial charge in [-0.1, -0.05) is 6.92 Å². The minimum atomic E-state index is 0.418. The summed E-state index contributed by atoms with van der Waals surface area (Å²) in [6.45, 7) is 4.11. The van der Waals surface area contributed by atoms with Crippen LogP contribution in [0.25, 0.3) is 0 Å². The Labute approximate surface area is 120 Å². The fraction of sp³-hybridized carbons (Fsp3) is 0.733. The lowest BCUT2D eigenvalue weighted by Crippen LogP contribution is -2.21. The first-order chi connectivity index (χ1) is 9.35. The molecule has 2 unspecified atom stereocenters. The molecule has 2 rings (SSSR count). The molecule has 4 heteroatoms. The summed E-state index contributed by atoms with van der Waals surface area (Å²) in [6, 6.07) is 2.48. The van der Waals surface area contributed by atoms with Crippen LogP contribution in [0.5, 0.6) is 5.75 Å². The highest BCUT2D eigenvalue weighted by atomic mass is 32.1. The molecule has 0 amide bonds. The van der Waals surface area contributed by atoms with E-state index in [1.807, 2.05) is 0 Å². The van der Waals surface area contributed by atoms with Crippen LogP contribution in [0.15, 0.2) is 11.4 Å². The Kier molecular flexibility index (Phi) is 6.14. The fourth-order valence-corrected chi connectivity index (χ4v) is 3.70. The molecule has 2 atom stereocenters. The average Bonchev–Trinajstić information content (AvgIpc) is 3.08. The third-order valence-corrected chi connectivity index (χ3v) is 4.70. The molecule has 1 fully saturated rings. The molecule has 1 saturated heterocycles. The smallest absolute Gasteiger partial charge is 0.134 e. The Hall–Kier alpha value is -0.580. The van der Waals surface area contributed by atoms with Crippen LogP contribution in [0.1, 0.15) is 49.9 Å². The van der Waals surface area contributed by atoms with Gasteiger partial charge in [0.1, 0.15) is 5.75 Å². The summed E-state index contributed by atoms with van der Waals surface area (Å²) in [7, 11) is 1.75. The summed E-state index contributed by atoms with van der Waals surface area (Å²) < 4.78 is 11.1. The molecule has 1 aliphatic rings. The molecular weight excluding hydrogens is 258 g/mol. The van der Waals surface area contributed by atoms with Gasteiger partial charge in [-0.05, 0) is 50.1 Å². The highest BCUT2D eigenvalue weighted by molar-refractivity contribution is 7.10. The van der Waals surface area contributed by atoms with Gasteiger partial charge in [-0.25, -0.2) is 0 Å². The van der Waals surface area contributed by atoms with Crippen molar-refractivity contribution in [3.05, 3.63) is 16.3 Å². The third-order valence-electron chi connectivity index (χ3n) is 3.69. The van der Waals surface area contributed by atoms with Gasteiger partial charge >= 0.3 is 0 Å². The maximum Gasteiger partial charge on any atom is 0.134 e. The zero-order chi connectivity index (χ0) is 13.5.